The Morgan fingerprint density at radius 2 is 1.69 bits per heavy atom. The highest BCUT2D eigenvalue weighted by molar-refractivity contribution is 5.76. The quantitative estimate of drug-likeness (QED) is 0.831. The first-order valence-corrected chi connectivity index (χ1v) is 9.40. The van der Waals surface area contributed by atoms with Crippen molar-refractivity contribution in [2.75, 3.05) is 26.3 Å². The van der Waals surface area contributed by atoms with E-state index in [0.717, 1.165) is 38.4 Å². The number of hydrogen-bond donors (Lipinski definition) is 1. The van der Waals surface area contributed by atoms with Gasteiger partial charge in [0.1, 0.15) is 0 Å². The number of amides is 1. The summed E-state index contributed by atoms with van der Waals surface area (Å²) in [5, 5.41) is 3.03. The van der Waals surface area contributed by atoms with E-state index < -0.39 is 0 Å². The van der Waals surface area contributed by atoms with Gasteiger partial charge in [-0.3, -0.25) is 9.69 Å². The van der Waals surface area contributed by atoms with Crippen molar-refractivity contribution in [3.05, 3.63) is 71.3 Å². The second kappa shape index (κ2) is 9.51. The van der Waals surface area contributed by atoms with Crippen molar-refractivity contribution in [1.82, 2.24) is 10.2 Å². The number of ether oxygens (including phenoxy) is 1. The topological polar surface area (TPSA) is 41.6 Å². The molecule has 4 nitrogen and oxygen atoms in total. The molecule has 0 radical (unpaired) electrons. The number of carbonyl (C=O) groups is 1. The maximum Gasteiger partial charge on any atom is 0.220 e. The lowest BCUT2D eigenvalue weighted by Gasteiger charge is -2.26. The van der Waals surface area contributed by atoms with Crippen LogP contribution in [-0.2, 0) is 22.6 Å². The second-order valence-corrected chi connectivity index (χ2v) is 7.00. The van der Waals surface area contributed by atoms with Gasteiger partial charge in [-0.2, -0.15) is 0 Å². The molecule has 0 spiro atoms. The molecular formula is C22H28N2O2. The van der Waals surface area contributed by atoms with E-state index in [4.69, 9.17) is 4.74 Å². The summed E-state index contributed by atoms with van der Waals surface area (Å²) in [7, 11) is 0. The minimum absolute atomic E-state index is 0.0961. The number of nitrogens with zero attached hydrogens (tertiary/aromatic N) is 1. The van der Waals surface area contributed by atoms with Gasteiger partial charge in [-0.25, -0.2) is 0 Å². The summed E-state index contributed by atoms with van der Waals surface area (Å²) in [6.45, 7) is 7.28. The summed E-state index contributed by atoms with van der Waals surface area (Å²) in [6.07, 6.45) is 0.513. The minimum atomic E-state index is 0.0961. The van der Waals surface area contributed by atoms with Crippen molar-refractivity contribution in [3.63, 3.8) is 0 Å². The van der Waals surface area contributed by atoms with E-state index in [1.165, 1.54) is 11.1 Å². The van der Waals surface area contributed by atoms with Crippen molar-refractivity contribution < 1.29 is 9.53 Å². The Bertz CT molecular complexity index is 679. The second-order valence-electron chi connectivity index (χ2n) is 7.00. The first-order valence-electron chi connectivity index (χ1n) is 9.40. The number of carbonyl (C=O) groups excluding carboxylic acids is 1. The third-order valence-electron chi connectivity index (χ3n) is 4.88. The van der Waals surface area contributed by atoms with Gasteiger partial charge in [-0.1, -0.05) is 61.5 Å². The van der Waals surface area contributed by atoms with Crippen molar-refractivity contribution in [2.24, 2.45) is 0 Å². The molecule has 1 aliphatic rings. The highest BCUT2D eigenvalue weighted by Gasteiger charge is 2.12. The molecule has 1 N–H and O–H groups in total. The van der Waals surface area contributed by atoms with E-state index in [0.29, 0.717) is 13.0 Å². The summed E-state index contributed by atoms with van der Waals surface area (Å²) < 4.78 is 5.38. The number of nitrogens with one attached hydrogen (secondary N) is 1. The number of benzene rings is 2. The molecule has 1 fully saturated rings. The van der Waals surface area contributed by atoms with Crippen LogP contribution in [0.1, 0.15) is 36.0 Å². The lowest BCUT2D eigenvalue weighted by molar-refractivity contribution is -0.121. The molecule has 138 valence electrons. The summed E-state index contributed by atoms with van der Waals surface area (Å²) in [4.78, 5) is 14.6. The highest BCUT2D eigenvalue weighted by atomic mass is 16.5. The molecule has 2 aromatic carbocycles. The lowest BCUT2D eigenvalue weighted by atomic mass is 9.97. The number of rotatable bonds is 7. The smallest absolute Gasteiger partial charge is 0.220 e. The predicted octanol–water partition coefficient (Wildman–Crippen LogP) is 3.33. The largest absolute Gasteiger partial charge is 0.379 e. The molecule has 0 bridgehead atoms. The monoisotopic (exact) mass is 352 g/mol. The average Bonchev–Trinajstić information content (AvgIpc) is 2.69. The maximum atomic E-state index is 12.2. The number of hydrogen-bond acceptors (Lipinski definition) is 3. The highest BCUT2D eigenvalue weighted by Crippen LogP contribution is 2.18. The molecule has 0 aliphatic carbocycles. The molecular weight excluding hydrogens is 324 g/mol. The Morgan fingerprint density at radius 3 is 2.38 bits per heavy atom. The van der Waals surface area contributed by atoms with Crippen LogP contribution >= 0.6 is 0 Å². The van der Waals surface area contributed by atoms with Crippen LogP contribution in [0.5, 0.6) is 0 Å². The SMILES string of the molecule is C[C@H](CC(=O)NCc1ccc(CN2CCOCC2)cc1)c1ccccc1. The molecule has 1 amide bonds. The van der Waals surface area contributed by atoms with Gasteiger partial charge in [0, 0.05) is 32.6 Å². The van der Waals surface area contributed by atoms with Gasteiger partial charge in [0.2, 0.25) is 5.91 Å². The molecule has 0 unspecified atom stereocenters. The minimum Gasteiger partial charge on any atom is -0.379 e. The van der Waals surface area contributed by atoms with Crippen LogP contribution in [0.15, 0.2) is 54.6 Å². The van der Waals surface area contributed by atoms with Gasteiger partial charge in [0.05, 0.1) is 13.2 Å². The van der Waals surface area contributed by atoms with Crippen LogP contribution < -0.4 is 5.32 Å². The molecule has 1 saturated heterocycles. The van der Waals surface area contributed by atoms with E-state index in [1.807, 2.05) is 18.2 Å². The molecule has 26 heavy (non-hydrogen) atoms. The van der Waals surface area contributed by atoms with Gasteiger partial charge in [0.15, 0.2) is 0 Å². The standard InChI is InChI=1S/C22H28N2O2/c1-18(21-5-3-2-4-6-21)15-22(25)23-16-19-7-9-20(10-8-19)17-24-11-13-26-14-12-24/h2-10,18H,11-17H2,1H3,(H,23,25)/t18-/m1/s1. The first kappa shape index (κ1) is 18.6. The Kier molecular flexibility index (Phi) is 6.81. The van der Waals surface area contributed by atoms with Crippen molar-refractivity contribution in [3.8, 4) is 0 Å². The van der Waals surface area contributed by atoms with Gasteiger partial charge < -0.3 is 10.1 Å². The summed E-state index contributed by atoms with van der Waals surface area (Å²) in [6, 6.07) is 18.7. The molecule has 0 aromatic heterocycles. The van der Waals surface area contributed by atoms with E-state index >= 15 is 0 Å². The van der Waals surface area contributed by atoms with Crippen LogP contribution in [0.4, 0.5) is 0 Å². The third-order valence-corrected chi connectivity index (χ3v) is 4.88. The van der Waals surface area contributed by atoms with Gasteiger partial charge >= 0.3 is 0 Å². The molecule has 0 saturated carbocycles. The van der Waals surface area contributed by atoms with Crippen LogP contribution in [0.25, 0.3) is 0 Å². The zero-order valence-electron chi connectivity index (χ0n) is 15.5. The normalized spacial score (nSPS) is 16.2. The van der Waals surface area contributed by atoms with Gasteiger partial charge in [-0.05, 0) is 22.6 Å². The van der Waals surface area contributed by atoms with Crippen LogP contribution in [-0.4, -0.2) is 37.1 Å². The van der Waals surface area contributed by atoms with Crippen molar-refractivity contribution in [2.45, 2.75) is 32.4 Å². The fourth-order valence-corrected chi connectivity index (χ4v) is 3.23. The fraction of sp³-hybridized carbons (Fsp3) is 0.409. The van der Waals surface area contributed by atoms with Gasteiger partial charge in [-0.15, -0.1) is 0 Å². The fourth-order valence-electron chi connectivity index (χ4n) is 3.23. The van der Waals surface area contributed by atoms with E-state index in [1.54, 1.807) is 0 Å². The zero-order chi connectivity index (χ0) is 18.2. The third kappa shape index (κ3) is 5.68. The van der Waals surface area contributed by atoms with Gasteiger partial charge in [0.25, 0.3) is 0 Å². The molecule has 1 aliphatic heterocycles. The lowest BCUT2D eigenvalue weighted by Crippen LogP contribution is -2.35. The van der Waals surface area contributed by atoms with Crippen LogP contribution in [0.3, 0.4) is 0 Å². The summed E-state index contributed by atoms with van der Waals surface area (Å²) in [5.74, 6) is 0.325. The Balaban J connectivity index is 1.43. The molecule has 2 aromatic rings. The van der Waals surface area contributed by atoms with E-state index in [-0.39, 0.29) is 11.8 Å². The first-order chi connectivity index (χ1) is 12.7. The average molecular weight is 352 g/mol. The van der Waals surface area contributed by atoms with Crippen LogP contribution in [0, 0.1) is 0 Å². The maximum absolute atomic E-state index is 12.2. The molecule has 1 atom stereocenters. The van der Waals surface area contributed by atoms with E-state index in [9.17, 15) is 4.79 Å². The van der Waals surface area contributed by atoms with E-state index in [2.05, 4.69) is 53.5 Å². The van der Waals surface area contributed by atoms with Crippen molar-refractivity contribution >= 4 is 5.91 Å². The summed E-state index contributed by atoms with van der Waals surface area (Å²) in [5.41, 5.74) is 3.64. The predicted molar refractivity (Wildman–Crippen MR) is 104 cm³/mol. The number of morpholine rings is 1. The Morgan fingerprint density at radius 1 is 1.04 bits per heavy atom. The Labute approximate surface area is 156 Å². The molecule has 3 rings (SSSR count). The zero-order valence-corrected chi connectivity index (χ0v) is 15.5. The molecule has 1 heterocycles. The molecule has 4 heteroatoms. The summed E-state index contributed by atoms with van der Waals surface area (Å²) >= 11 is 0. The van der Waals surface area contributed by atoms with Crippen LogP contribution in [0.2, 0.25) is 0 Å². The van der Waals surface area contributed by atoms with Crippen molar-refractivity contribution in [1.29, 1.82) is 0 Å². The Hall–Kier alpha value is -2.17.